The first kappa shape index (κ1) is 57.6. The Morgan fingerprint density at radius 2 is 0.940 bits per heavy atom. The maximum absolute atomic E-state index is 14.7. The highest BCUT2D eigenvalue weighted by atomic mass is 19.4. The van der Waals surface area contributed by atoms with E-state index in [0.29, 0.717) is 63.0 Å². The maximum Gasteiger partial charge on any atom is 0.413 e. The molecule has 0 radical (unpaired) electrons. The Labute approximate surface area is 472 Å². The van der Waals surface area contributed by atoms with Gasteiger partial charge in [0, 0.05) is 125 Å². The summed E-state index contributed by atoms with van der Waals surface area (Å²) in [6, 6.07) is 14.7. The standard InChI is InChI=1S/2C28H27F5N6O3/c2*29-20-5-1-3-18(23(20)30)17-7-6-16(25-37-36-21(39(25)15-17)14-28(31,32)33)13-22(40)38-11-8-27(9-12-38)19-4-2-10-34-24(19)35-26(41)42-27/h2*1-5,10,16-17H,6-9,11-15H2,(H,34,35,41)/t2*16-,17+/m10/s1. The molecule has 84 heavy (non-hydrogen) atoms. The predicted octanol–water partition coefficient (Wildman–Crippen LogP) is 10.4. The molecule has 18 nitrogen and oxygen atoms in total. The summed E-state index contributed by atoms with van der Waals surface area (Å²) < 4.78 is 152. The van der Waals surface area contributed by atoms with Gasteiger partial charge in [0.1, 0.15) is 59.0 Å². The molecule has 2 spiro atoms. The second-order valence-electron chi connectivity index (χ2n) is 22.0. The highest BCUT2D eigenvalue weighted by Gasteiger charge is 2.48. The molecular formula is C56H54F10N12O6. The molecule has 4 atom stereocenters. The first-order valence-corrected chi connectivity index (χ1v) is 27.4. The van der Waals surface area contributed by atoms with E-state index in [2.05, 4.69) is 41.0 Å². The Morgan fingerprint density at radius 1 is 0.548 bits per heavy atom. The van der Waals surface area contributed by atoms with Crippen LogP contribution in [0.2, 0.25) is 0 Å². The molecule has 10 heterocycles. The fourth-order valence-electron chi connectivity index (χ4n) is 12.7. The van der Waals surface area contributed by atoms with Gasteiger partial charge in [-0.2, -0.15) is 26.3 Å². The van der Waals surface area contributed by atoms with Crippen LogP contribution >= 0.6 is 0 Å². The molecule has 4 amide bonds. The van der Waals surface area contributed by atoms with Gasteiger partial charge in [-0.05, 0) is 73.2 Å². The molecule has 0 bridgehead atoms. The van der Waals surface area contributed by atoms with Gasteiger partial charge in [-0.15, -0.1) is 20.4 Å². The largest absolute Gasteiger partial charge is 0.437 e. The number of nitrogens with one attached hydrogen (secondary N) is 2. The van der Waals surface area contributed by atoms with Crippen molar-refractivity contribution in [3.8, 4) is 0 Å². The van der Waals surface area contributed by atoms with Crippen LogP contribution in [0, 0.1) is 23.3 Å². The Morgan fingerprint density at radius 3 is 1.32 bits per heavy atom. The van der Waals surface area contributed by atoms with Crippen LogP contribution in [0.4, 0.5) is 65.1 Å². The van der Waals surface area contributed by atoms with E-state index in [9.17, 15) is 63.1 Å². The molecule has 6 aromatic rings. The van der Waals surface area contributed by atoms with Crippen molar-refractivity contribution in [1.82, 2.24) is 49.3 Å². The highest BCUT2D eigenvalue weighted by Crippen LogP contribution is 2.46. The fourth-order valence-corrected chi connectivity index (χ4v) is 12.7. The van der Waals surface area contributed by atoms with E-state index in [1.165, 1.54) is 33.4 Å². The minimum absolute atomic E-state index is 0.0466. The molecule has 4 aromatic heterocycles. The second-order valence-corrected chi connectivity index (χ2v) is 22.0. The summed E-state index contributed by atoms with van der Waals surface area (Å²) in [5.74, 6) is -6.43. The molecule has 28 heteroatoms. The number of piperidine rings is 2. The van der Waals surface area contributed by atoms with Gasteiger partial charge >= 0.3 is 24.5 Å². The minimum Gasteiger partial charge on any atom is -0.437 e. The average molecular weight is 1180 g/mol. The quantitative estimate of drug-likeness (QED) is 0.137. The van der Waals surface area contributed by atoms with Crippen molar-refractivity contribution >= 4 is 35.6 Å². The smallest absolute Gasteiger partial charge is 0.413 e. The number of benzene rings is 2. The molecule has 6 aliphatic rings. The minimum atomic E-state index is -4.56. The van der Waals surface area contributed by atoms with Gasteiger partial charge < -0.3 is 28.4 Å². The number of carbonyl (C=O) groups is 4. The number of amides is 4. The second kappa shape index (κ2) is 22.8. The zero-order valence-corrected chi connectivity index (χ0v) is 44.7. The van der Waals surface area contributed by atoms with Crippen molar-refractivity contribution in [2.45, 2.75) is 137 Å². The summed E-state index contributed by atoms with van der Waals surface area (Å²) in [5.41, 5.74) is -0.234. The van der Waals surface area contributed by atoms with Gasteiger partial charge in [0.05, 0.1) is 0 Å². The fraction of sp³-hybridized carbons (Fsp3) is 0.464. The van der Waals surface area contributed by atoms with Crippen LogP contribution in [-0.2, 0) is 56.2 Å². The third kappa shape index (κ3) is 11.8. The Bertz CT molecular complexity index is 3260. The van der Waals surface area contributed by atoms with Gasteiger partial charge in [-0.3, -0.25) is 20.2 Å². The summed E-state index contributed by atoms with van der Waals surface area (Å²) in [4.78, 5) is 63.1. The molecule has 2 fully saturated rings. The summed E-state index contributed by atoms with van der Waals surface area (Å²) in [6.45, 7) is 1.01. The van der Waals surface area contributed by atoms with Gasteiger partial charge in [-0.1, -0.05) is 24.3 Å². The molecule has 2 saturated heterocycles. The van der Waals surface area contributed by atoms with Crippen LogP contribution in [0.15, 0.2) is 73.1 Å². The molecule has 0 saturated carbocycles. The van der Waals surface area contributed by atoms with E-state index in [1.807, 2.05) is 12.1 Å². The molecule has 444 valence electrons. The number of rotatable bonds is 8. The van der Waals surface area contributed by atoms with Gasteiger partial charge in [0.2, 0.25) is 11.8 Å². The van der Waals surface area contributed by atoms with Crippen LogP contribution in [-0.4, -0.2) is 112 Å². The lowest BCUT2D eigenvalue weighted by Crippen LogP contribution is -2.50. The van der Waals surface area contributed by atoms with E-state index in [4.69, 9.17) is 9.47 Å². The summed E-state index contributed by atoms with van der Waals surface area (Å²) in [7, 11) is 0. The lowest BCUT2D eigenvalue weighted by atomic mass is 9.83. The number of fused-ring (bicyclic) bond motifs is 6. The van der Waals surface area contributed by atoms with E-state index < -0.39 is 95.5 Å². The van der Waals surface area contributed by atoms with Crippen molar-refractivity contribution in [2.24, 2.45) is 0 Å². The number of halogens is 10. The molecule has 2 N–H and O–H groups in total. The normalized spacial score (nSPS) is 21.6. The number of carbonyl (C=O) groups excluding carboxylic acids is 4. The predicted molar refractivity (Wildman–Crippen MR) is 275 cm³/mol. The van der Waals surface area contributed by atoms with Crippen molar-refractivity contribution in [3.05, 3.63) is 142 Å². The Kier molecular flexibility index (Phi) is 15.6. The number of hydrogen-bond donors (Lipinski definition) is 2. The summed E-state index contributed by atoms with van der Waals surface area (Å²) >= 11 is 0. The lowest BCUT2D eigenvalue weighted by Gasteiger charge is -2.43. The van der Waals surface area contributed by atoms with Crippen LogP contribution in [0.1, 0.15) is 133 Å². The zero-order chi connectivity index (χ0) is 59.3. The SMILES string of the molecule is O=C1Nc2ncccc2C2(CCN(C(=O)C[C@@H]3CC[C@@H](c4cccc(F)c4F)Cn4c(CC(F)(F)F)nnc43)CC2)O1.O=C1Nc2ncccc2C2(CCN(C(=O)C[C@H]3CC[C@H](c4cccc(F)c4F)Cn4c(CC(F)(F)F)nnc43)CC2)O1. The number of hydrogen-bond acceptors (Lipinski definition) is 12. The zero-order valence-electron chi connectivity index (χ0n) is 44.7. The topological polar surface area (TPSA) is 204 Å². The van der Waals surface area contributed by atoms with Crippen molar-refractivity contribution < 1.29 is 72.6 Å². The molecule has 2 aromatic carbocycles. The van der Waals surface area contributed by atoms with Crippen LogP contribution in [0.3, 0.4) is 0 Å². The summed E-state index contributed by atoms with van der Waals surface area (Å²) in [5, 5.41) is 20.9. The molecule has 12 rings (SSSR count). The van der Waals surface area contributed by atoms with E-state index in [0.717, 1.165) is 23.3 Å². The number of alkyl halides is 6. The number of pyridine rings is 2. The number of aromatic nitrogens is 8. The Hall–Kier alpha value is -8.20. The molecule has 0 aliphatic carbocycles. The highest BCUT2D eigenvalue weighted by molar-refractivity contribution is 5.88. The number of ether oxygens (including phenoxy) is 2. The van der Waals surface area contributed by atoms with E-state index in [-0.39, 0.29) is 98.3 Å². The van der Waals surface area contributed by atoms with E-state index in [1.54, 1.807) is 34.3 Å². The first-order valence-electron chi connectivity index (χ1n) is 27.4. The van der Waals surface area contributed by atoms with E-state index >= 15 is 0 Å². The number of nitrogens with zero attached hydrogens (tertiary/aromatic N) is 10. The first-order chi connectivity index (χ1) is 40.1. The molecular weight excluding hydrogens is 1130 g/mol. The maximum atomic E-state index is 14.7. The van der Waals surface area contributed by atoms with Crippen molar-refractivity contribution in [3.63, 3.8) is 0 Å². The van der Waals surface area contributed by atoms with Crippen molar-refractivity contribution in [1.29, 1.82) is 0 Å². The van der Waals surface area contributed by atoms with Crippen LogP contribution in [0.25, 0.3) is 0 Å². The molecule has 6 aliphatic heterocycles. The van der Waals surface area contributed by atoms with Gasteiger partial charge in [0.15, 0.2) is 23.3 Å². The molecule has 0 unspecified atom stereocenters. The van der Waals surface area contributed by atoms with Crippen LogP contribution < -0.4 is 10.6 Å². The monoisotopic (exact) mass is 1180 g/mol. The lowest BCUT2D eigenvalue weighted by molar-refractivity contribution is -0.137. The van der Waals surface area contributed by atoms with Gasteiger partial charge in [0.25, 0.3) is 0 Å². The Balaban J connectivity index is 0.000000175. The van der Waals surface area contributed by atoms with Crippen molar-refractivity contribution in [2.75, 3.05) is 36.8 Å². The third-order valence-corrected chi connectivity index (χ3v) is 16.8. The third-order valence-electron chi connectivity index (χ3n) is 16.8. The number of anilines is 2. The average Bonchev–Trinajstić information content (AvgIpc) is 3.00. The van der Waals surface area contributed by atoms with Gasteiger partial charge in [-0.25, -0.2) is 37.1 Å². The number of likely N-dealkylation sites (tertiary alicyclic amines) is 2. The van der Waals surface area contributed by atoms with Crippen LogP contribution in [0.5, 0.6) is 0 Å². The summed E-state index contributed by atoms with van der Waals surface area (Å²) in [6.07, 6.45) is -7.33.